The van der Waals surface area contributed by atoms with Crippen LogP contribution in [0.4, 0.5) is 0 Å². The monoisotopic (exact) mass is 532 g/mol. The molecule has 0 saturated carbocycles. The normalized spacial score (nSPS) is 16.1. The van der Waals surface area contributed by atoms with Gasteiger partial charge in [0.15, 0.2) is 0 Å². The zero-order valence-corrected chi connectivity index (χ0v) is 22.6. The number of nitrogens with zero attached hydrogens (tertiary/aromatic N) is 3. The van der Waals surface area contributed by atoms with Crippen LogP contribution in [0.1, 0.15) is 54.8 Å². The van der Waals surface area contributed by atoms with E-state index in [-0.39, 0.29) is 36.2 Å². The molecule has 0 spiro atoms. The lowest BCUT2D eigenvalue weighted by molar-refractivity contribution is 0.0589. The zero-order valence-electron chi connectivity index (χ0n) is 22.6. The number of fused-ring (bicyclic) bond motifs is 2. The first-order chi connectivity index (χ1) is 19.2. The first kappa shape index (κ1) is 24.6. The predicted octanol–water partition coefficient (Wildman–Crippen LogP) is 4.23. The lowest BCUT2D eigenvalue weighted by atomic mass is 9.82. The van der Waals surface area contributed by atoms with Crippen LogP contribution in [0, 0.1) is 0 Å². The van der Waals surface area contributed by atoms with Gasteiger partial charge in [-0.1, -0.05) is 24.3 Å². The van der Waals surface area contributed by atoms with Gasteiger partial charge in [0.2, 0.25) is 0 Å². The number of hydrogen-bond donors (Lipinski definition) is 1. The van der Waals surface area contributed by atoms with E-state index in [2.05, 4.69) is 0 Å². The van der Waals surface area contributed by atoms with Gasteiger partial charge in [0, 0.05) is 52.2 Å². The summed E-state index contributed by atoms with van der Waals surface area (Å²) < 4.78 is 0. The molecular formula is C32H28N4O4. The molecule has 0 aromatic heterocycles. The maximum atomic E-state index is 13.6. The second-order valence-corrected chi connectivity index (χ2v) is 11.3. The molecule has 2 aliphatic rings. The van der Waals surface area contributed by atoms with Crippen molar-refractivity contribution in [2.75, 3.05) is 33.7 Å². The molecule has 2 N–H and O–H groups in total. The lowest BCUT2D eigenvalue weighted by Crippen LogP contribution is -2.45. The fourth-order valence-electron chi connectivity index (χ4n) is 6.57. The number of imide groups is 2. The summed E-state index contributed by atoms with van der Waals surface area (Å²) >= 11 is 0. The molecule has 1 unspecified atom stereocenters. The number of carbonyl (C=O) groups excluding carboxylic acids is 4. The lowest BCUT2D eigenvalue weighted by Gasteiger charge is -2.30. The van der Waals surface area contributed by atoms with Gasteiger partial charge in [-0.2, -0.15) is 0 Å². The first-order valence-corrected chi connectivity index (χ1v) is 13.5. The Kier molecular flexibility index (Phi) is 5.26. The third-order valence-corrected chi connectivity index (χ3v) is 8.26. The minimum atomic E-state index is -0.347. The van der Waals surface area contributed by atoms with Crippen LogP contribution in [0.25, 0.3) is 43.1 Å². The predicted molar refractivity (Wildman–Crippen MR) is 155 cm³/mol. The van der Waals surface area contributed by atoms with Gasteiger partial charge in [-0.25, -0.2) is 0 Å². The largest absolute Gasteiger partial charge is 0.326 e. The third kappa shape index (κ3) is 3.20. The van der Waals surface area contributed by atoms with Crippen molar-refractivity contribution in [2.45, 2.75) is 19.4 Å². The van der Waals surface area contributed by atoms with Crippen LogP contribution in [-0.4, -0.2) is 78.1 Å². The molecule has 0 aliphatic carbocycles. The fourth-order valence-corrected chi connectivity index (χ4v) is 6.57. The summed E-state index contributed by atoms with van der Waals surface area (Å²) in [5, 5.41) is 6.52. The van der Waals surface area contributed by atoms with Crippen LogP contribution >= 0.6 is 0 Å². The summed E-state index contributed by atoms with van der Waals surface area (Å²) in [4.78, 5) is 58.6. The van der Waals surface area contributed by atoms with Crippen LogP contribution in [0.5, 0.6) is 0 Å². The molecule has 2 heterocycles. The number of nitrogens with two attached hydrogens (primary N) is 1. The average Bonchev–Trinajstić information content (AvgIpc) is 2.93. The van der Waals surface area contributed by atoms with Crippen molar-refractivity contribution in [3.05, 3.63) is 70.8 Å². The van der Waals surface area contributed by atoms with E-state index in [0.717, 1.165) is 38.9 Å². The SMILES string of the molecule is CC(N)CN1C(=O)c2ccc3c4ccc5c6c(ccc(c7ccc(c2c37)C1=O)c64)C(=O)N(CCCN(C)C)C5=O. The summed E-state index contributed by atoms with van der Waals surface area (Å²) in [6.45, 7) is 3.04. The zero-order chi connectivity index (χ0) is 28.0. The van der Waals surface area contributed by atoms with Crippen molar-refractivity contribution in [3.8, 4) is 0 Å². The number of rotatable bonds is 6. The third-order valence-electron chi connectivity index (χ3n) is 8.26. The van der Waals surface area contributed by atoms with E-state index in [1.807, 2.05) is 43.3 Å². The van der Waals surface area contributed by atoms with E-state index in [4.69, 9.17) is 5.73 Å². The highest BCUT2D eigenvalue weighted by atomic mass is 16.2. The van der Waals surface area contributed by atoms with Gasteiger partial charge in [0.25, 0.3) is 23.6 Å². The smallest absolute Gasteiger partial charge is 0.261 e. The molecule has 5 aromatic carbocycles. The molecule has 40 heavy (non-hydrogen) atoms. The van der Waals surface area contributed by atoms with Crippen molar-refractivity contribution in [2.24, 2.45) is 5.73 Å². The molecule has 0 bridgehead atoms. The summed E-state index contributed by atoms with van der Waals surface area (Å²) in [6.07, 6.45) is 0.693. The molecular weight excluding hydrogens is 504 g/mol. The van der Waals surface area contributed by atoms with Gasteiger partial charge in [-0.15, -0.1) is 0 Å². The van der Waals surface area contributed by atoms with E-state index >= 15 is 0 Å². The van der Waals surface area contributed by atoms with E-state index < -0.39 is 0 Å². The van der Waals surface area contributed by atoms with Crippen LogP contribution in [0.3, 0.4) is 0 Å². The van der Waals surface area contributed by atoms with Crippen LogP contribution in [0.2, 0.25) is 0 Å². The Morgan fingerprint density at radius 3 is 1.35 bits per heavy atom. The van der Waals surface area contributed by atoms with Gasteiger partial charge in [0.05, 0.1) is 0 Å². The maximum Gasteiger partial charge on any atom is 0.261 e. The molecule has 8 nitrogen and oxygen atoms in total. The van der Waals surface area contributed by atoms with E-state index in [1.165, 1.54) is 9.80 Å². The van der Waals surface area contributed by atoms with Crippen LogP contribution < -0.4 is 5.73 Å². The average molecular weight is 533 g/mol. The molecule has 8 heteroatoms. The summed E-state index contributed by atoms with van der Waals surface area (Å²) in [7, 11) is 3.93. The molecule has 7 rings (SSSR count). The molecule has 0 radical (unpaired) electrons. The van der Waals surface area contributed by atoms with Crippen LogP contribution in [-0.2, 0) is 0 Å². The van der Waals surface area contributed by atoms with E-state index in [0.29, 0.717) is 46.0 Å². The Bertz CT molecular complexity index is 1840. The molecule has 5 aromatic rings. The second-order valence-electron chi connectivity index (χ2n) is 11.3. The Morgan fingerprint density at radius 1 is 0.625 bits per heavy atom. The van der Waals surface area contributed by atoms with E-state index in [1.54, 1.807) is 31.2 Å². The summed E-state index contributed by atoms with van der Waals surface area (Å²) in [5.41, 5.74) is 7.94. The highest BCUT2D eigenvalue weighted by Crippen LogP contribution is 2.46. The van der Waals surface area contributed by atoms with Crippen molar-refractivity contribution >= 4 is 66.7 Å². The second kappa shape index (κ2) is 8.55. The quantitative estimate of drug-likeness (QED) is 0.199. The Balaban J connectivity index is 1.48. The Hall–Kier alpha value is -4.40. The minimum absolute atomic E-state index is 0.143. The molecule has 4 amide bonds. The highest BCUT2D eigenvalue weighted by Gasteiger charge is 2.36. The van der Waals surface area contributed by atoms with Gasteiger partial charge in [0.1, 0.15) is 0 Å². The van der Waals surface area contributed by atoms with Crippen molar-refractivity contribution in [1.82, 2.24) is 14.7 Å². The van der Waals surface area contributed by atoms with Crippen LogP contribution in [0.15, 0.2) is 48.5 Å². The molecule has 0 fully saturated rings. The first-order valence-electron chi connectivity index (χ1n) is 13.5. The van der Waals surface area contributed by atoms with Gasteiger partial charge < -0.3 is 10.6 Å². The Morgan fingerprint density at radius 2 is 1.00 bits per heavy atom. The number of benzene rings is 5. The standard InChI is InChI=1S/C32H28N4O4/c1-16(33)15-36-31(39)23-11-7-19-17-5-9-21-27-22(30(38)35(29(21)37)14-4-13-34(2)3)10-6-18(25(17)27)20-8-12-24(32(36)40)28(23)26(19)20/h5-12,16H,4,13-15,33H2,1-3H3. The topological polar surface area (TPSA) is 104 Å². The highest BCUT2D eigenvalue weighted by molar-refractivity contribution is 6.41. The Labute approximate surface area is 230 Å². The number of amides is 4. The maximum absolute atomic E-state index is 13.6. The van der Waals surface area contributed by atoms with Crippen molar-refractivity contribution < 1.29 is 19.2 Å². The van der Waals surface area contributed by atoms with Gasteiger partial charge >= 0.3 is 0 Å². The van der Waals surface area contributed by atoms with Gasteiger partial charge in [-0.3, -0.25) is 29.0 Å². The van der Waals surface area contributed by atoms with Gasteiger partial charge in [-0.05, 0) is 90.6 Å². The molecule has 2 aliphatic heterocycles. The number of hydrogen-bond acceptors (Lipinski definition) is 6. The number of carbonyl (C=O) groups is 4. The van der Waals surface area contributed by atoms with E-state index in [9.17, 15) is 19.2 Å². The van der Waals surface area contributed by atoms with Crippen molar-refractivity contribution in [1.29, 1.82) is 0 Å². The fraction of sp³-hybridized carbons (Fsp3) is 0.250. The molecule has 0 saturated heterocycles. The minimum Gasteiger partial charge on any atom is -0.326 e. The summed E-state index contributed by atoms with van der Waals surface area (Å²) in [6, 6.07) is 14.5. The van der Waals surface area contributed by atoms with Crippen molar-refractivity contribution in [3.63, 3.8) is 0 Å². The molecule has 1 atom stereocenters. The summed E-state index contributed by atoms with van der Waals surface area (Å²) in [5.74, 6) is -1.25. The molecule has 200 valence electrons.